The molecule has 0 fully saturated rings. The molecule has 0 aliphatic rings. The highest BCUT2D eigenvalue weighted by Crippen LogP contribution is 2.29. The summed E-state index contributed by atoms with van der Waals surface area (Å²) in [5.41, 5.74) is 1.86. The van der Waals surface area contributed by atoms with Gasteiger partial charge in [0.05, 0.1) is 0 Å². The largest absolute Gasteiger partial charge is 0.433 e. The number of halogens is 3. The van der Waals surface area contributed by atoms with Gasteiger partial charge in [-0.05, 0) is 18.1 Å². The number of nitrogens with two attached hydrogens (primary N) is 1. The average Bonchev–Trinajstić information content (AvgIpc) is 2.15. The maximum atomic E-state index is 12.2. The summed E-state index contributed by atoms with van der Waals surface area (Å²) in [6.45, 7) is 1.81. The van der Waals surface area contributed by atoms with Crippen molar-refractivity contribution in [3.05, 3.63) is 23.4 Å². The molecule has 14 heavy (non-hydrogen) atoms. The van der Waals surface area contributed by atoms with Crippen molar-refractivity contribution < 1.29 is 13.2 Å². The summed E-state index contributed by atoms with van der Waals surface area (Å²) in [4.78, 5) is 3.37. The van der Waals surface area contributed by atoms with Gasteiger partial charge in [-0.1, -0.05) is 13.0 Å². The maximum Gasteiger partial charge on any atom is 0.433 e. The molecule has 1 aromatic heterocycles. The van der Waals surface area contributed by atoms with Gasteiger partial charge in [-0.3, -0.25) is 0 Å². The second-order valence-electron chi connectivity index (χ2n) is 2.70. The van der Waals surface area contributed by atoms with Gasteiger partial charge >= 0.3 is 6.18 Å². The van der Waals surface area contributed by atoms with Crippen molar-refractivity contribution in [1.29, 1.82) is 0 Å². The van der Waals surface area contributed by atoms with Crippen molar-refractivity contribution in [3.8, 4) is 0 Å². The van der Waals surface area contributed by atoms with Crippen LogP contribution >= 0.6 is 0 Å². The van der Waals surface area contributed by atoms with Crippen LogP contribution in [0.4, 0.5) is 19.0 Å². The number of aryl methyl sites for hydroxylation is 1. The molecule has 0 aromatic carbocycles. The molecule has 0 atom stereocenters. The molecule has 0 saturated heterocycles. The van der Waals surface area contributed by atoms with Gasteiger partial charge in [-0.15, -0.1) is 0 Å². The van der Waals surface area contributed by atoms with Gasteiger partial charge in [0, 0.05) is 0 Å². The van der Waals surface area contributed by atoms with Crippen molar-refractivity contribution in [3.63, 3.8) is 0 Å². The number of nitrogen functional groups attached to an aromatic ring is 1. The number of hydrogen-bond acceptors (Lipinski definition) is 3. The minimum Gasteiger partial charge on any atom is -0.308 e. The molecule has 0 spiro atoms. The summed E-state index contributed by atoms with van der Waals surface area (Å²) in [5, 5.41) is 0. The van der Waals surface area contributed by atoms with Crippen LogP contribution in [0.1, 0.15) is 18.2 Å². The average molecular weight is 205 g/mol. The Kier molecular flexibility index (Phi) is 2.95. The normalized spacial score (nSPS) is 11.5. The maximum absolute atomic E-state index is 12.2. The van der Waals surface area contributed by atoms with Crippen LogP contribution in [0, 0.1) is 0 Å². The third-order valence-electron chi connectivity index (χ3n) is 1.79. The number of nitrogens with one attached hydrogen (secondary N) is 1. The number of pyridine rings is 1. The molecule has 0 aliphatic carbocycles. The number of alkyl halides is 3. The SMILES string of the molecule is CCc1ccc(C(F)(F)F)nc1NN. The lowest BCUT2D eigenvalue weighted by Gasteiger charge is -2.10. The molecule has 1 heterocycles. The van der Waals surface area contributed by atoms with E-state index in [1.165, 1.54) is 6.07 Å². The van der Waals surface area contributed by atoms with Gasteiger partial charge in [0.15, 0.2) is 0 Å². The van der Waals surface area contributed by atoms with E-state index in [9.17, 15) is 13.2 Å². The van der Waals surface area contributed by atoms with E-state index in [1.807, 2.05) is 6.92 Å². The van der Waals surface area contributed by atoms with Gasteiger partial charge in [-0.2, -0.15) is 13.2 Å². The van der Waals surface area contributed by atoms with Crippen LogP contribution in [0.15, 0.2) is 12.1 Å². The molecule has 0 radical (unpaired) electrons. The van der Waals surface area contributed by atoms with E-state index < -0.39 is 11.9 Å². The van der Waals surface area contributed by atoms with E-state index in [2.05, 4.69) is 10.4 Å². The first-order valence-corrected chi connectivity index (χ1v) is 4.02. The lowest BCUT2D eigenvalue weighted by molar-refractivity contribution is -0.141. The van der Waals surface area contributed by atoms with Gasteiger partial charge < -0.3 is 5.43 Å². The molecule has 78 valence electrons. The van der Waals surface area contributed by atoms with Crippen molar-refractivity contribution in [2.75, 3.05) is 5.43 Å². The smallest absolute Gasteiger partial charge is 0.308 e. The molecule has 0 bridgehead atoms. The fourth-order valence-electron chi connectivity index (χ4n) is 1.06. The predicted molar refractivity (Wildman–Crippen MR) is 46.4 cm³/mol. The number of anilines is 1. The first-order valence-electron chi connectivity index (χ1n) is 4.02. The Morgan fingerprint density at radius 2 is 2.07 bits per heavy atom. The standard InChI is InChI=1S/C8H10F3N3/c1-2-5-3-4-6(8(9,10)11)13-7(5)14-12/h3-4H,2,12H2,1H3,(H,13,14). The summed E-state index contributed by atoms with van der Waals surface area (Å²) in [7, 11) is 0. The Morgan fingerprint density at radius 1 is 1.43 bits per heavy atom. The minimum atomic E-state index is -4.43. The number of rotatable bonds is 2. The second-order valence-corrected chi connectivity index (χ2v) is 2.70. The summed E-state index contributed by atoms with van der Waals surface area (Å²) in [6, 6.07) is 2.31. The zero-order valence-corrected chi connectivity index (χ0v) is 7.52. The van der Waals surface area contributed by atoms with Crippen molar-refractivity contribution in [2.24, 2.45) is 5.84 Å². The lowest BCUT2D eigenvalue weighted by atomic mass is 10.2. The minimum absolute atomic E-state index is 0.0716. The molecular formula is C8H10F3N3. The van der Waals surface area contributed by atoms with Crippen molar-refractivity contribution in [1.82, 2.24) is 4.98 Å². The molecule has 0 aliphatic heterocycles. The molecule has 0 amide bonds. The molecule has 0 unspecified atom stereocenters. The Bertz CT molecular complexity index is 322. The highest BCUT2D eigenvalue weighted by molar-refractivity contribution is 5.44. The Labute approximate surface area is 79.1 Å². The molecule has 0 saturated carbocycles. The summed E-state index contributed by atoms with van der Waals surface area (Å²) in [6.07, 6.45) is -3.86. The Balaban J connectivity index is 3.14. The van der Waals surface area contributed by atoms with Gasteiger partial charge in [-0.25, -0.2) is 10.8 Å². The number of aromatic nitrogens is 1. The van der Waals surface area contributed by atoms with Crippen LogP contribution in [0.5, 0.6) is 0 Å². The van der Waals surface area contributed by atoms with Crippen LogP contribution < -0.4 is 11.3 Å². The van der Waals surface area contributed by atoms with Crippen LogP contribution in [0.25, 0.3) is 0 Å². The Morgan fingerprint density at radius 3 is 2.50 bits per heavy atom. The third-order valence-corrected chi connectivity index (χ3v) is 1.79. The van der Waals surface area contributed by atoms with Gasteiger partial charge in [0.25, 0.3) is 0 Å². The quantitative estimate of drug-likeness (QED) is 0.573. The monoisotopic (exact) mass is 205 g/mol. The van der Waals surface area contributed by atoms with E-state index in [4.69, 9.17) is 5.84 Å². The second kappa shape index (κ2) is 3.83. The zero-order valence-electron chi connectivity index (χ0n) is 7.52. The summed E-state index contributed by atoms with van der Waals surface area (Å²) in [5.74, 6) is 5.13. The highest BCUT2D eigenvalue weighted by Gasteiger charge is 2.32. The summed E-state index contributed by atoms with van der Waals surface area (Å²) >= 11 is 0. The molecule has 6 heteroatoms. The molecule has 1 rings (SSSR count). The predicted octanol–water partition coefficient (Wildman–Crippen LogP) is 1.95. The molecule has 3 nitrogen and oxygen atoms in total. The molecule has 3 N–H and O–H groups in total. The topological polar surface area (TPSA) is 50.9 Å². The highest BCUT2D eigenvalue weighted by atomic mass is 19.4. The van der Waals surface area contributed by atoms with E-state index in [0.29, 0.717) is 12.0 Å². The van der Waals surface area contributed by atoms with E-state index >= 15 is 0 Å². The number of hydrazine groups is 1. The fraction of sp³-hybridized carbons (Fsp3) is 0.375. The van der Waals surface area contributed by atoms with Crippen LogP contribution in [0.2, 0.25) is 0 Å². The Hall–Kier alpha value is -1.30. The zero-order chi connectivity index (χ0) is 10.8. The van der Waals surface area contributed by atoms with E-state index in [0.717, 1.165) is 6.07 Å². The van der Waals surface area contributed by atoms with E-state index in [-0.39, 0.29) is 5.82 Å². The van der Waals surface area contributed by atoms with Gasteiger partial charge in [0.2, 0.25) is 0 Å². The van der Waals surface area contributed by atoms with Gasteiger partial charge in [0.1, 0.15) is 11.5 Å². The first-order chi connectivity index (χ1) is 6.49. The lowest BCUT2D eigenvalue weighted by Crippen LogP contribution is -2.15. The first kappa shape index (κ1) is 10.8. The van der Waals surface area contributed by atoms with Crippen molar-refractivity contribution in [2.45, 2.75) is 19.5 Å². The molecule has 1 aromatic rings. The van der Waals surface area contributed by atoms with E-state index in [1.54, 1.807) is 0 Å². The third kappa shape index (κ3) is 2.14. The fourth-order valence-corrected chi connectivity index (χ4v) is 1.06. The van der Waals surface area contributed by atoms with Crippen LogP contribution in [-0.4, -0.2) is 4.98 Å². The molecular weight excluding hydrogens is 195 g/mol. The van der Waals surface area contributed by atoms with Crippen LogP contribution in [-0.2, 0) is 12.6 Å². The van der Waals surface area contributed by atoms with Crippen molar-refractivity contribution >= 4 is 5.82 Å². The van der Waals surface area contributed by atoms with Crippen LogP contribution in [0.3, 0.4) is 0 Å². The number of hydrogen-bond donors (Lipinski definition) is 2. The number of nitrogens with zero attached hydrogens (tertiary/aromatic N) is 1. The summed E-state index contributed by atoms with van der Waals surface area (Å²) < 4.78 is 36.6.